The van der Waals surface area contributed by atoms with Gasteiger partial charge >= 0.3 is 11.9 Å². The van der Waals surface area contributed by atoms with Gasteiger partial charge in [0, 0.05) is 5.56 Å². The first kappa shape index (κ1) is 23.7. The number of hydrogen-bond donors (Lipinski definition) is 1. The molecule has 1 amide bonds. The van der Waals surface area contributed by atoms with Crippen molar-refractivity contribution in [2.45, 2.75) is 53.1 Å². The Kier molecular flexibility index (Phi) is 9.15. The first-order chi connectivity index (χ1) is 14.3. The van der Waals surface area contributed by atoms with Crippen molar-refractivity contribution in [2.75, 3.05) is 19.8 Å². The molecule has 1 saturated carbocycles. The lowest BCUT2D eigenvalue weighted by Gasteiger charge is -2.36. The largest absolute Gasteiger partial charge is 0.494 e. The summed E-state index contributed by atoms with van der Waals surface area (Å²) >= 11 is 0. The highest BCUT2D eigenvalue weighted by molar-refractivity contribution is 5.96. The summed E-state index contributed by atoms with van der Waals surface area (Å²) in [6.07, 6.45) is 2.87. The Hall–Kier alpha value is -2.57. The minimum Gasteiger partial charge on any atom is -0.494 e. The zero-order valence-corrected chi connectivity index (χ0v) is 18.3. The van der Waals surface area contributed by atoms with Gasteiger partial charge in [-0.05, 0) is 61.8 Å². The van der Waals surface area contributed by atoms with Crippen LogP contribution in [0, 0.1) is 17.8 Å². The van der Waals surface area contributed by atoms with E-state index in [1.807, 2.05) is 6.92 Å². The van der Waals surface area contributed by atoms with Crippen LogP contribution in [-0.4, -0.2) is 43.7 Å². The highest BCUT2D eigenvalue weighted by Crippen LogP contribution is 2.35. The summed E-state index contributed by atoms with van der Waals surface area (Å²) < 4.78 is 15.9. The molecule has 0 bridgehead atoms. The van der Waals surface area contributed by atoms with Gasteiger partial charge in [-0.15, -0.1) is 0 Å². The van der Waals surface area contributed by atoms with Crippen molar-refractivity contribution in [2.24, 2.45) is 17.8 Å². The van der Waals surface area contributed by atoms with E-state index in [9.17, 15) is 14.4 Å². The third-order valence-electron chi connectivity index (χ3n) is 5.42. The van der Waals surface area contributed by atoms with Gasteiger partial charge in [0.15, 0.2) is 6.61 Å². The van der Waals surface area contributed by atoms with E-state index >= 15 is 0 Å². The van der Waals surface area contributed by atoms with Crippen LogP contribution in [0.25, 0.3) is 0 Å². The molecule has 1 aliphatic carbocycles. The quantitative estimate of drug-likeness (QED) is 0.617. The van der Waals surface area contributed by atoms with Crippen LogP contribution in [-0.2, 0) is 19.1 Å². The van der Waals surface area contributed by atoms with Gasteiger partial charge in [-0.25, -0.2) is 4.79 Å². The van der Waals surface area contributed by atoms with Crippen LogP contribution in [0.15, 0.2) is 24.3 Å². The van der Waals surface area contributed by atoms with Crippen LogP contribution in [0.3, 0.4) is 0 Å². The second-order valence-corrected chi connectivity index (χ2v) is 8.16. The Labute approximate surface area is 178 Å². The van der Waals surface area contributed by atoms with Crippen molar-refractivity contribution >= 4 is 17.8 Å². The summed E-state index contributed by atoms with van der Waals surface area (Å²) in [5, 5.41) is 2.48. The van der Waals surface area contributed by atoms with Gasteiger partial charge in [-0.1, -0.05) is 27.2 Å². The average Bonchev–Trinajstić information content (AvgIpc) is 2.71. The molecule has 1 aromatic rings. The maximum absolute atomic E-state index is 12.1. The number of hydrogen-bond acceptors (Lipinski definition) is 6. The molecule has 30 heavy (non-hydrogen) atoms. The van der Waals surface area contributed by atoms with E-state index in [0.717, 1.165) is 19.3 Å². The standard InChI is InChI=1S/C23H33NO6/c1-5-28-18-9-7-17(8-10-18)23(27)24-13-21(25)29-14-22(26)30-20-12-16(4)6-11-19(20)15(2)3/h7-10,15-16,19-20H,5-6,11-14H2,1-4H3,(H,24,27)/t16-,19+,20-/m0/s1. The molecule has 3 atom stereocenters. The second-order valence-electron chi connectivity index (χ2n) is 8.16. The van der Waals surface area contributed by atoms with E-state index in [4.69, 9.17) is 14.2 Å². The van der Waals surface area contributed by atoms with Crippen molar-refractivity contribution in [3.63, 3.8) is 0 Å². The number of rotatable bonds is 9. The smallest absolute Gasteiger partial charge is 0.344 e. The molecule has 7 heteroatoms. The fourth-order valence-corrected chi connectivity index (χ4v) is 3.77. The van der Waals surface area contributed by atoms with Crippen LogP contribution >= 0.6 is 0 Å². The average molecular weight is 420 g/mol. The number of esters is 2. The Morgan fingerprint density at radius 1 is 1.10 bits per heavy atom. The van der Waals surface area contributed by atoms with Crippen molar-refractivity contribution < 1.29 is 28.6 Å². The Bertz CT molecular complexity index is 715. The maximum atomic E-state index is 12.1. The number of amides is 1. The van der Waals surface area contributed by atoms with E-state index in [-0.39, 0.29) is 12.6 Å². The minimum atomic E-state index is -0.691. The van der Waals surface area contributed by atoms with Gasteiger partial charge in [0.1, 0.15) is 18.4 Å². The first-order valence-corrected chi connectivity index (χ1v) is 10.7. The van der Waals surface area contributed by atoms with Gasteiger partial charge in [-0.2, -0.15) is 0 Å². The monoisotopic (exact) mass is 419 g/mol. The normalized spacial score (nSPS) is 21.0. The van der Waals surface area contributed by atoms with E-state index in [1.54, 1.807) is 24.3 Å². The van der Waals surface area contributed by atoms with Crippen LogP contribution in [0.2, 0.25) is 0 Å². The van der Waals surface area contributed by atoms with Crippen LogP contribution in [0.4, 0.5) is 0 Å². The van der Waals surface area contributed by atoms with Crippen LogP contribution in [0.5, 0.6) is 5.75 Å². The van der Waals surface area contributed by atoms with E-state index in [0.29, 0.717) is 35.7 Å². The molecule has 0 aliphatic heterocycles. The predicted molar refractivity (Wildman–Crippen MR) is 112 cm³/mol. The number of carbonyl (C=O) groups is 3. The fourth-order valence-electron chi connectivity index (χ4n) is 3.77. The van der Waals surface area contributed by atoms with Crippen LogP contribution in [0.1, 0.15) is 57.3 Å². The molecule has 1 fully saturated rings. The van der Waals surface area contributed by atoms with Crippen LogP contribution < -0.4 is 10.1 Å². The first-order valence-electron chi connectivity index (χ1n) is 10.7. The van der Waals surface area contributed by atoms with Gasteiger partial charge < -0.3 is 19.5 Å². The fraction of sp³-hybridized carbons (Fsp3) is 0.609. The zero-order chi connectivity index (χ0) is 22.1. The molecule has 0 heterocycles. The van der Waals surface area contributed by atoms with Gasteiger partial charge in [0.2, 0.25) is 0 Å². The molecule has 2 rings (SSSR count). The van der Waals surface area contributed by atoms with E-state index in [2.05, 4.69) is 26.1 Å². The molecule has 0 saturated heterocycles. The lowest BCUT2D eigenvalue weighted by Crippen LogP contribution is -2.37. The topological polar surface area (TPSA) is 90.9 Å². The molecule has 1 aromatic carbocycles. The summed E-state index contributed by atoms with van der Waals surface area (Å²) in [6, 6.07) is 6.59. The summed E-state index contributed by atoms with van der Waals surface area (Å²) in [5.74, 6) is 0.283. The molecule has 1 aliphatic rings. The second kappa shape index (κ2) is 11.6. The molecule has 7 nitrogen and oxygen atoms in total. The molecule has 166 valence electrons. The summed E-state index contributed by atoms with van der Waals surface area (Å²) in [6.45, 7) is 8.06. The predicted octanol–water partition coefficient (Wildman–Crippen LogP) is 3.36. The van der Waals surface area contributed by atoms with E-state index < -0.39 is 24.5 Å². The summed E-state index contributed by atoms with van der Waals surface area (Å²) in [5.41, 5.74) is 0.400. The Balaban J connectivity index is 1.73. The minimum absolute atomic E-state index is 0.140. The Morgan fingerprint density at radius 3 is 2.43 bits per heavy atom. The lowest BCUT2D eigenvalue weighted by molar-refractivity contribution is -0.166. The van der Waals surface area contributed by atoms with Gasteiger partial charge in [0.25, 0.3) is 5.91 Å². The maximum Gasteiger partial charge on any atom is 0.344 e. The summed E-state index contributed by atoms with van der Waals surface area (Å²) in [4.78, 5) is 36.1. The third-order valence-corrected chi connectivity index (χ3v) is 5.42. The number of benzene rings is 1. The molecule has 1 N–H and O–H groups in total. The third kappa shape index (κ3) is 7.35. The molecule has 0 aromatic heterocycles. The molecule has 0 radical (unpaired) electrons. The SMILES string of the molecule is CCOc1ccc(C(=O)NCC(=O)OCC(=O)O[C@H]2C[C@@H](C)CC[C@@H]2C(C)C)cc1. The molecular weight excluding hydrogens is 386 g/mol. The molecular formula is C23H33NO6. The van der Waals surface area contributed by atoms with Crippen molar-refractivity contribution in [1.29, 1.82) is 0 Å². The van der Waals surface area contributed by atoms with E-state index in [1.165, 1.54) is 0 Å². The lowest BCUT2D eigenvalue weighted by atomic mass is 9.75. The highest BCUT2D eigenvalue weighted by Gasteiger charge is 2.33. The Morgan fingerprint density at radius 2 is 1.80 bits per heavy atom. The number of ether oxygens (including phenoxy) is 3. The number of carbonyl (C=O) groups excluding carboxylic acids is 3. The van der Waals surface area contributed by atoms with Crippen molar-refractivity contribution in [1.82, 2.24) is 5.32 Å². The van der Waals surface area contributed by atoms with Gasteiger partial charge in [0.05, 0.1) is 6.61 Å². The van der Waals surface area contributed by atoms with Crippen molar-refractivity contribution in [3.05, 3.63) is 29.8 Å². The van der Waals surface area contributed by atoms with Gasteiger partial charge in [-0.3, -0.25) is 9.59 Å². The highest BCUT2D eigenvalue weighted by atomic mass is 16.6. The molecule has 0 spiro atoms. The zero-order valence-electron chi connectivity index (χ0n) is 18.3. The molecule has 0 unspecified atom stereocenters. The van der Waals surface area contributed by atoms with Crippen molar-refractivity contribution in [3.8, 4) is 5.75 Å². The number of nitrogens with one attached hydrogen (secondary N) is 1. The summed E-state index contributed by atoms with van der Waals surface area (Å²) in [7, 11) is 0.